The van der Waals surface area contributed by atoms with Crippen LogP contribution in [0.2, 0.25) is 5.02 Å². The normalized spacial score (nSPS) is 19.2. The SMILES string of the molecule is CC(C)(C)OC(=O)N1CCOC(Cc2ccc(Cl)cc2)C1=O. The second-order valence-corrected chi connectivity index (χ2v) is 6.60. The lowest BCUT2D eigenvalue weighted by molar-refractivity contribution is -0.151. The van der Waals surface area contributed by atoms with Gasteiger partial charge in [0.1, 0.15) is 11.7 Å². The first-order chi connectivity index (χ1) is 10.3. The van der Waals surface area contributed by atoms with E-state index in [0.717, 1.165) is 10.5 Å². The molecule has 1 atom stereocenters. The Kier molecular flexibility index (Phi) is 5.08. The summed E-state index contributed by atoms with van der Waals surface area (Å²) in [4.78, 5) is 25.6. The minimum atomic E-state index is -0.678. The lowest BCUT2D eigenvalue weighted by Gasteiger charge is -2.32. The summed E-state index contributed by atoms with van der Waals surface area (Å²) >= 11 is 5.84. The Morgan fingerprint density at radius 1 is 1.36 bits per heavy atom. The Morgan fingerprint density at radius 2 is 2.00 bits per heavy atom. The molecule has 2 amide bonds. The van der Waals surface area contributed by atoms with Gasteiger partial charge < -0.3 is 9.47 Å². The predicted molar refractivity (Wildman–Crippen MR) is 82.8 cm³/mol. The van der Waals surface area contributed by atoms with Crippen LogP contribution >= 0.6 is 11.6 Å². The zero-order chi connectivity index (χ0) is 16.3. The number of amides is 2. The molecule has 1 aromatic carbocycles. The molecule has 0 N–H and O–H groups in total. The van der Waals surface area contributed by atoms with Crippen molar-refractivity contribution in [2.24, 2.45) is 0 Å². The molecule has 6 heteroatoms. The first-order valence-electron chi connectivity index (χ1n) is 7.17. The van der Waals surface area contributed by atoms with Crippen LogP contribution in [-0.4, -0.2) is 41.8 Å². The number of morpholine rings is 1. The number of carbonyl (C=O) groups is 2. The Balaban J connectivity index is 2.03. The van der Waals surface area contributed by atoms with Crippen molar-refractivity contribution in [3.05, 3.63) is 34.9 Å². The smallest absolute Gasteiger partial charge is 0.417 e. The van der Waals surface area contributed by atoms with Crippen molar-refractivity contribution in [1.29, 1.82) is 0 Å². The first kappa shape index (κ1) is 16.8. The van der Waals surface area contributed by atoms with E-state index < -0.39 is 17.8 Å². The number of rotatable bonds is 2. The van der Waals surface area contributed by atoms with Crippen molar-refractivity contribution in [3.8, 4) is 0 Å². The van der Waals surface area contributed by atoms with E-state index in [0.29, 0.717) is 18.1 Å². The molecule has 0 saturated carbocycles. The minimum Gasteiger partial charge on any atom is -0.443 e. The van der Waals surface area contributed by atoms with Crippen LogP contribution in [0, 0.1) is 0 Å². The van der Waals surface area contributed by atoms with Gasteiger partial charge in [0, 0.05) is 11.4 Å². The summed E-state index contributed by atoms with van der Waals surface area (Å²) in [7, 11) is 0. The monoisotopic (exact) mass is 325 g/mol. The molecule has 0 radical (unpaired) electrons. The van der Waals surface area contributed by atoms with Crippen LogP contribution < -0.4 is 0 Å². The van der Waals surface area contributed by atoms with Crippen LogP contribution in [0.25, 0.3) is 0 Å². The Labute approximate surface area is 135 Å². The van der Waals surface area contributed by atoms with Crippen molar-refractivity contribution in [3.63, 3.8) is 0 Å². The molecule has 1 saturated heterocycles. The largest absolute Gasteiger partial charge is 0.443 e. The molecule has 0 aromatic heterocycles. The van der Waals surface area contributed by atoms with Crippen LogP contribution in [0.15, 0.2) is 24.3 Å². The fourth-order valence-corrected chi connectivity index (χ4v) is 2.25. The first-order valence-corrected chi connectivity index (χ1v) is 7.54. The van der Waals surface area contributed by atoms with Gasteiger partial charge in [0.25, 0.3) is 5.91 Å². The molecule has 1 aliphatic rings. The number of benzene rings is 1. The van der Waals surface area contributed by atoms with E-state index in [-0.39, 0.29) is 12.5 Å². The van der Waals surface area contributed by atoms with E-state index in [9.17, 15) is 9.59 Å². The second-order valence-electron chi connectivity index (χ2n) is 6.16. The summed E-state index contributed by atoms with van der Waals surface area (Å²) in [5, 5.41) is 0.634. The van der Waals surface area contributed by atoms with Crippen molar-refractivity contribution < 1.29 is 19.1 Å². The molecule has 22 heavy (non-hydrogen) atoms. The Hall–Kier alpha value is -1.59. The third-order valence-corrected chi connectivity index (χ3v) is 3.38. The highest BCUT2D eigenvalue weighted by Gasteiger charge is 2.35. The number of imide groups is 1. The number of nitrogens with zero attached hydrogens (tertiary/aromatic N) is 1. The van der Waals surface area contributed by atoms with Crippen molar-refractivity contribution >= 4 is 23.6 Å². The molecule has 0 spiro atoms. The topological polar surface area (TPSA) is 55.8 Å². The maximum Gasteiger partial charge on any atom is 0.417 e. The minimum absolute atomic E-state index is 0.213. The van der Waals surface area contributed by atoms with Crippen LogP contribution in [-0.2, 0) is 20.7 Å². The van der Waals surface area contributed by atoms with Crippen molar-refractivity contribution in [1.82, 2.24) is 4.90 Å². The van der Waals surface area contributed by atoms with E-state index in [1.807, 2.05) is 12.1 Å². The highest BCUT2D eigenvalue weighted by molar-refractivity contribution is 6.30. The third kappa shape index (κ3) is 4.45. The van der Waals surface area contributed by atoms with Gasteiger partial charge in [0.15, 0.2) is 0 Å². The molecule has 0 bridgehead atoms. The fourth-order valence-electron chi connectivity index (χ4n) is 2.12. The van der Waals surface area contributed by atoms with E-state index in [4.69, 9.17) is 21.1 Å². The number of carbonyl (C=O) groups excluding carboxylic acids is 2. The Bertz CT molecular complexity index is 550. The average molecular weight is 326 g/mol. The molecule has 2 rings (SSSR count). The standard InChI is InChI=1S/C16H20ClNO4/c1-16(2,3)22-15(20)18-8-9-21-13(14(18)19)10-11-4-6-12(17)7-5-11/h4-7,13H,8-10H2,1-3H3. The molecule has 1 unspecified atom stereocenters. The van der Waals surface area contributed by atoms with Crippen LogP contribution in [0.1, 0.15) is 26.3 Å². The van der Waals surface area contributed by atoms with E-state index in [2.05, 4.69) is 0 Å². The van der Waals surface area contributed by atoms with Gasteiger partial charge in [-0.25, -0.2) is 9.69 Å². The molecule has 1 aliphatic heterocycles. The van der Waals surface area contributed by atoms with Crippen molar-refractivity contribution in [2.45, 2.75) is 38.9 Å². The summed E-state index contributed by atoms with van der Waals surface area (Å²) < 4.78 is 10.8. The second kappa shape index (κ2) is 6.67. The number of hydrogen-bond acceptors (Lipinski definition) is 4. The molecular weight excluding hydrogens is 306 g/mol. The number of ether oxygens (including phenoxy) is 2. The van der Waals surface area contributed by atoms with E-state index >= 15 is 0 Å². The molecule has 0 aliphatic carbocycles. The van der Waals surface area contributed by atoms with Crippen molar-refractivity contribution in [2.75, 3.05) is 13.2 Å². The fraction of sp³-hybridized carbons (Fsp3) is 0.500. The van der Waals surface area contributed by atoms with E-state index in [1.165, 1.54) is 0 Å². The lowest BCUT2D eigenvalue weighted by atomic mass is 10.1. The molecule has 1 heterocycles. The van der Waals surface area contributed by atoms with Gasteiger partial charge in [0.05, 0.1) is 13.2 Å². The van der Waals surface area contributed by atoms with Gasteiger partial charge in [-0.15, -0.1) is 0 Å². The summed E-state index contributed by atoms with van der Waals surface area (Å²) in [6, 6.07) is 7.20. The quantitative estimate of drug-likeness (QED) is 0.838. The van der Waals surface area contributed by atoms with Crippen LogP contribution in [0.5, 0.6) is 0 Å². The van der Waals surface area contributed by atoms with Crippen LogP contribution in [0.4, 0.5) is 4.79 Å². The van der Waals surface area contributed by atoms with Gasteiger partial charge in [0.2, 0.25) is 0 Å². The Morgan fingerprint density at radius 3 is 2.59 bits per heavy atom. The van der Waals surface area contributed by atoms with Gasteiger partial charge in [-0.3, -0.25) is 4.79 Å². The number of halogens is 1. The summed E-state index contributed by atoms with van der Waals surface area (Å²) in [5.41, 5.74) is 0.287. The zero-order valence-electron chi connectivity index (χ0n) is 13.0. The van der Waals surface area contributed by atoms with Gasteiger partial charge in [-0.05, 0) is 38.5 Å². The molecule has 1 aromatic rings. The summed E-state index contributed by atoms with van der Waals surface area (Å²) in [6.07, 6.45) is -0.903. The van der Waals surface area contributed by atoms with Crippen LogP contribution in [0.3, 0.4) is 0 Å². The number of hydrogen-bond donors (Lipinski definition) is 0. The molecule has 120 valence electrons. The zero-order valence-corrected chi connectivity index (χ0v) is 13.7. The highest BCUT2D eigenvalue weighted by Crippen LogP contribution is 2.18. The molecule has 1 fully saturated rings. The third-order valence-electron chi connectivity index (χ3n) is 3.12. The predicted octanol–water partition coefficient (Wildman–Crippen LogP) is 3.05. The molecule has 5 nitrogen and oxygen atoms in total. The highest BCUT2D eigenvalue weighted by atomic mass is 35.5. The maximum absolute atomic E-state index is 12.4. The van der Waals surface area contributed by atoms with Gasteiger partial charge >= 0.3 is 6.09 Å². The summed E-state index contributed by atoms with van der Waals surface area (Å²) in [5.74, 6) is -0.365. The van der Waals surface area contributed by atoms with E-state index in [1.54, 1.807) is 32.9 Å². The van der Waals surface area contributed by atoms with Gasteiger partial charge in [-0.2, -0.15) is 0 Å². The van der Waals surface area contributed by atoms with Gasteiger partial charge in [-0.1, -0.05) is 23.7 Å². The average Bonchev–Trinajstić information content (AvgIpc) is 2.41. The lowest BCUT2D eigenvalue weighted by Crippen LogP contribution is -2.52. The summed E-state index contributed by atoms with van der Waals surface area (Å²) in [6.45, 7) is 5.82. The maximum atomic E-state index is 12.4. The molecular formula is C16H20ClNO4.